The topological polar surface area (TPSA) is 29.3 Å². The van der Waals surface area contributed by atoms with Gasteiger partial charge in [-0.3, -0.25) is 4.90 Å². The van der Waals surface area contributed by atoms with Gasteiger partial charge in [0.1, 0.15) is 0 Å². The first kappa shape index (κ1) is 14.0. The van der Waals surface area contributed by atoms with Crippen molar-refractivity contribution >= 4 is 5.97 Å². The van der Waals surface area contributed by atoms with Crippen LogP contribution < -0.4 is 0 Å². The lowest BCUT2D eigenvalue weighted by atomic mass is 9.90. The minimum absolute atomic E-state index is 0.283. The summed E-state index contributed by atoms with van der Waals surface area (Å²) in [5, 5.41) is 0. The highest BCUT2D eigenvalue weighted by molar-refractivity contribution is 5.81. The Kier molecular flexibility index (Phi) is 4.52. The molecule has 0 aliphatic carbocycles. The minimum atomic E-state index is -0.288. The van der Waals surface area contributed by atoms with E-state index in [2.05, 4.69) is 37.0 Å². The van der Waals surface area contributed by atoms with Gasteiger partial charge in [-0.05, 0) is 11.8 Å². The van der Waals surface area contributed by atoms with Crippen molar-refractivity contribution in [2.24, 2.45) is 5.41 Å². The molecule has 1 aliphatic heterocycles. The molecular formula is C14H23NO2. The summed E-state index contributed by atoms with van der Waals surface area (Å²) in [7, 11) is 1.39. The van der Waals surface area contributed by atoms with Crippen LogP contribution in [0.1, 0.15) is 27.2 Å². The molecule has 3 heteroatoms. The van der Waals surface area contributed by atoms with Crippen LogP contribution in [0.2, 0.25) is 0 Å². The lowest BCUT2D eigenvalue weighted by Gasteiger charge is -2.17. The fraction of sp³-hybridized carbons (Fsp3) is 0.643. The summed E-state index contributed by atoms with van der Waals surface area (Å²) < 4.78 is 4.54. The van der Waals surface area contributed by atoms with Gasteiger partial charge in [0, 0.05) is 24.7 Å². The Hall–Kier alpha value is -1.09. The van der Waals surface area contributed by atoms with Crippen LogP contribution in [0.5, 0.6) is 0 Å². The van der Waals surface area contributed by atoms with Crippen LogP contribution in [-0.2, 0) is 9.53 Å². The number of methoxy groups -OCH3 is 1. The van der Waals surface area contributed by atoms with E-state index < -0.39 is 0 Å². The van der Waals surface area contributed by atoms with E-state index in [9.17, 15) is 4.79 Å². The molecule has 0 aromatic carbocycles. The monoisotopic (exact) mass is 237 g/mol. The number of carbonyl (C=O) groups is 1. The van der Waals surface area contributed by atoms with Crippen molar-refractivity contribution in [3.05, 3.63) is 24.8 Å². The number of hydrogen-bond donors (Lipinski definition) is 0. The summed E-state index contributed by atoms with van der Waals surface area (Å²) >= 11 is 0. The lowest BCUT2D eigenvalue weighted by molar-refractivity contribution is -0.134. The number of nitrogens with zero attached hydrogens (tertiary/aromatic N) is 1. The molecule has 0 amide bonds. The Bertz CT molecular complexity index is 315. The summed E-state index contributed by atoms with van der Waals surface area (Å²) in [5.41, 5.74) is 0.283. The quantitative estimate of drug-likeness (QED) is 0.318. The normalized spacial score (nSPS) is 28.1. The number of carbonyl (C=O) groups excluding carboxylic acids is 1. The molecule has 96 valence electrons. The molecule has 17 heavy (non-hydrogen) atoms. The molecule has 1 fully saturated rings. The molecule has 1 aliphatic rings. The molecule has 0 radical (unpaired) electrons. The molecule has 1 saturated heterocycles. The predicted octanol–water partition coefficient (Wildman–Crippen LogP) is 2.39. The van der Waals surface area contributed by atoms with Crippen LogP contribution in [-0.4, -0.2) is 36.6 Å². The standard InChI is InChI=1S/C14H23NO2/c1-6-11-13(14(2,3)4)15(11)10-8-7-9-12(16)17-5/h6-7,9,11,13H,1,8,10H2,2-5H3/b9-7+/t11-,13+,15?/m1/s1. The maximum Gasteiger partial charge on any atom is 0.330 e. The molecule has 3 atom stereocenters. The van der Waals surface area contributed by atoms with Gasteiger partial charge in [-0.2, -0.15) is 0 Å². The zero-order valence-corrected chi connectivity index (χ0v) is 11.3. The van der Waals surface area contributed by atoms with Crippen molar-refractivity contribution in [1.82, 2.24) is 4.90 Å². The third kappa shape index (κ3) is 3.70. The molecular weight excluding hydrogens is 214 g/mol. The molecule has 0 bridgehead atoms. The van der Waals surface area contributed by atoms with E-state index in [1.54, 1.807) is 0 Å². The molecule has 0 aromatic heterocycles. The fourth-order valence-electron chi connectivity index (χ4n) is 2.33. The number of ether oxygens (including phenoxy) is 1. The van der Waals surface area contributed by atoms with E-state index in [0.29, 0.717) is 12.1 Å². The Morgan fingerprint density at radius 1 is 1.47 bits per heavy atom. The first-order chi connectivity index (χ1) is 7.91. The van der Waals surface area contributed by atoms with Gasteiger partial charge in [0.05, 0.1) is 7.11 Å². The third-order valence-electron chi connectivity index (χ3n) is 3.11. The van der Waals surface area contributed by atoms with E-state index in [0.717, 1.165) is 13.0 Å². The number of esters is 1. The summed E-state index contributed by atoms with van der Waals surface area (Å²) in [6, 6.07) is 1.06. The Morgan fingerprint density at radius 3 is 2.53 bits per heavy atom. The summed E-state index contributed by atoms with van der Waals surface area (Å²) in [5.74, 6) is -0.288. The third-order valence-corrected chi connectivity index (χ3v) is 3.11. The second kappa shape index (κ2) is 5.50. The van der Waals surface area contributed by atoms with Crippen LogP contribution in [0.25, 0.3) is 0 Å². The molecule has 0 saturated carbocycles. The summed E-state index contributed by atoms with van der Waals surface area (Å²) in [4.78, 5) is 13.3. The highest BCUT2D eigenvalue weighted by Gasteiger charge is 2.51. The Balaban J connectivity index is 2.36. The first-order valence-corrected chi connectivity index (χ1v) is 6.04. The maximum atomic E-state index is 10.9. The van der Waals surface area contributed by atoms with E-state index in [1.165, 1.54) is 13.2 Å². The Morgan fingerprint density at radius 2 is 2.12 bits per heavy atom. The zero-order valence-electron chi connectivity index (χ0n) is 11.3. The van der Waals surface area contributed by atoms with Gasteiger partial charge in [0.25, 0.3) is 0 Å². The van der Waals surface area contributed by atoms with Gasteiger partial charge >= 0.3 is 5.97 Å². The van der Waals surface area contributed by atoms with Gasteiger partial charge in [0.15, 0.2) is 0 Å². The van der Waals surface area contributed by atoms with Gasteiger partial charge in [-0.15, -0.1) is 6.58 Å². The highest BCUT2D eigenvalue weighted by atomic mass is 16.5. The number of hydrogen-bond acceptors (Lipinski definition) is 3. The van der Waals surface area contributed by atoms with Crippen molar-refractivity contribution in [2.75, 3.05) is 13.7 Å². The van der Waals surface area contributed by atoms with Crippen LogP contribution in [0, 0.1) is 5.41 Å². The van der Waals surface area contributed by atoms with Crippen LogP contribution in [0.15, 0.2) is 24.8 Å². The van der Waals surface area contributed by atoms with Gasteiger partial charge in [0.2, 0.25) is 0 Å². The average molecular weight is 237 g/mol. The van der Waals surface area contributed by atoms with E-state index >= 15 is 0 Å². The first-order valence-electron chi connectivity index (χ1n) is 6.04. The van der Waals surface area contributed by atoms with Crippen molar-refractivity contribution in [3.63, 3.8) is 0 Å². The second-order valence-corrected chi connectivity index (χ2v) is 5.49. The van der Waals surface area contributed by atoms with Gasteiger partial charge in [-0.25, -0.2) is 4.79 Å². The molecule has 1 rings (SSSR count). The molecule has 0 aromatic rings. The smallest absolute Gasteiger partial charge is 0.330 e. The largest absolute Gasteiger partial charge is 0.466 e. The van der Waals surface area contributed by atoms with Crippen molar-refractivity contribution in [3.8, 4) is 0 Å². The molecule has 1 unspecified atom stereocenters. The van der Waals surface area contributed by atoms with Crippen LogP contribution >= 0.6 is 0 Å². The van der Waals surface area contributed by atoms with Gasteiger partial charge in [-0.1, -0.05) is 32.9 Å². The number of rotatable bonds is 5. The molecule has 1 heterocycles. The summed E-state index contributed by atoms with van der Waals surface area (Å²) in [6.45, 7) is 11.6. The SMILES string of the molecule is C=C[C@@H]1[C@@H](C(C)(C)C)N1CC/C=C/C(=O)OC. The van der Waals surface area contributed by atoms with Crippen LogP contribution in [0.4, 0.5) is 0 Å². The highest BCUT2D eigenvalue weighted by Crippen LogP contribution is 2.42. The molecule has 0 spiro atoms. The van der Waals surface area contributed by atoms with Crippen molar-refractivity contribution in [2.45, 2.75) is 39.3 Å². The van der Waals surface area contributed by atoms with E-state index in [4.69, 9.17) is 0 Å². The molecule has 3 nitrogen and oxygen atoms in total. The Labute approximate surface area is 104 Å². The fourth-order valence-corrected chi connectivity index (χ4v) is 2.33. The average Bonchev–Trinajstić information content (AvgIpc) is 2.97. The maximum absolute atomic E-state index is 10.9. The molecule has 0 N–H and O–H groups in total. The van der Waals surface area contributed by atoms with Crippen molar-refractivity contribution < 1.29 is 9.53 Å². The van der Waals surface area contributed by atoms with E-state index in [-0.39, 0.29) is 11.4 Å². The van der Waals surface area contributed by atoms with E-state index in [1.807, 2.05) is 12.2 Å². The zero-order chi connectivity index (χ0) is 13.1. The predicted molar refractivity (Wildman–Crippen MR) is 69.7 cm³/mol. The summed E-state index contributed by atoms with van der Waals surface area (Å²) in [6.07, 6.45) is 6.23. The lowest BCUT2D eigenvalue weighted by Crippen LogP contribution is -2.19. The van der Waals surface area contributed by atoms with Gasteiger partial charge < -0.3 is 4.74 Å². The minimum Gasteiger partial charge on any atom is -0.466 e. The van der Waals surface area contributed by atoms with Crippen LogP contribution in [0.3, 0.4) is 0 Å². The second-order valence-electron chi connectivity index (χ2n) is 5.49. The van der Waals surface area contributed by atoms with Crippen molar-refractivity contribution in [1.29, 1.82) is 0 Å².